The number of hydrogen-bond donors (Lipinski definition) is 0. The molecule has 0 aliphatic rings. The van der Waals surface area contributed by atoms with Gasteiger partial charge in [-0.2, -0.15) is 0 Å². The number of nitrogens with zero attached hydrogens (tertiary/aromatic N) is 7. The second-order valence-electron chi connectivity index (χ2n) is 7.54. The molecule has 0 aliphatic carbocycles. The molecule has 0 saturated carbocycles. The lowest BCUT2D eigenvalue weighted by molar-refractivity contribution is 0.841. The van der Waals surface area contributed by atoms with E-state index in [1.807, 2.05) is 91.0 Å². The van der Waals surface area contributed by atoms with E-state index in [-0.39, 0.29) is 0 Å². The van der Waals surface area contributed by atoms with Gasteiger partial charge in [-0.15, -0.1) is 0 Å². The highest BCUT2D eigenvalue weighted by Crippen LogP contribution is 2.25. The quantitative estimate of drug-likeness (QED) is 0.319. The summed E-state index contributed by atoms with van der Waals surface area (Å²) in [7, 11) is 0. The second kappa shape index (κ2) is 10.3. The van der Waals surface area contributed by atoms with Gasteiger partial charge in [-0.1, -0.05) is 30.3 Å². The van der Waals surface area contributed by atoms with Crippen LogP contribution in [0, 0.1) is 0 Å². The van der Waals surface area contributed by atoms with Crippen LogP contribution in [0.4, 0.5) is 23.3 Å². The van der Waals surface area contributed by atoms with E-state index >= 15 is 0 Å². The Balaban J connectivity index is 1.44. The molecule has 0 unspecified atom stereocenters. The fourth-order valence-corrected chi connectivity index (χ4v) is 3.64. The maximum Gasteiger partial charge on any atom is 0.134 e. The molecule has 0 saturated heterocycles. The fraction of sp³-hybridized carbons (Fsp3) is 0.0741. The maximum atomic E-state index is 4.96. The Morgan fingerprint density at radius 2 is 0.765 bits per heavy atom. The summed E-state index contributed by atoms with van der Waals surface area (Å²) < 4.78 is 0. The van der Waals surface area contributed by atoms with Crippen molar-refractivity contribution in [3.63, 3.8) is 0 Å². The van der Waals surface area contributed by atoms with Crippen molar-refractivity contribution in [3.05, 3.63) is 127 Å². The van der Waals surface area contributed by atoms with Crippen molar-refractivity contribution in [2.75, 3.05) is 9.80 Å². The van der Waals surface area contributed by atoms with E-state index in [0.29, 0.717) is 13.1 Å². The molecule has 166 valence electrons. The molecule has 0 aliphatic heterocycles. The van der Waals surface area contributed by atoms with Crippen LogP contribution < -0.4 is 9.80 Å². The van der Waals surface area contributed by atoms with Gasteiger partial charge in [0.25, 0.3) is 0 Å². The van der Waals surface area contributed by atoms with Crippen LogP contribution in [0.5, 0.6) is 0 Å². The van der Waals surface area contributed by atoms with Crippen LogP contribution in [0.15, 0.2) is 116 Å². The van der Waals surface area contributed by atoms with Crippen molar-refractivity contribution in [1.82, 2.24) is 24.9 Å². The van der Waals surface area contributed by atoms with Gasteiger partial charge in [0, 0.05) is 24.8 Å². The van der Waals surface area contributed by atoms with Gasteiger partial charge in [0.05, 0.1) is 24.5 Å². The zero-order valence-corrected chi connectivity index (χ0v) is 18.5. The standard InChI is InChI=1S/C27H23N7/c1-5-16-28-24(12-1)33(25-13-2-6-17-29-25)20-22-10-9-11-23(32-22)21-34(26-14-3-7-18-30-26)27-15-4-8-19-31-27/h1-19H,20-21H2. The molecule has 7 heteroatoms. The van der Waals surface area contributed by atoms with E-state index in [2.05, 4.69) is 29.7 Å². The number of hydrogen-bond acceptors (Lipinski definition) is 7. The molecule has 0 bridgehead atoms. The Kier molecular flexibility index (Phi) is 6.43. The third kappa shape index (κ3) is 5.05. The average molecular weight is 446 g/mol. The Morgan fingerprint density at radius 1 is 0.412 bits per heavy atom. The predicted molar refractivity (Wildman–Crippen MR) is 133 cm³/mol. The zero-order valence-electron chi connectivity index (χ0n) is 18.5. The first kappa shape index (κ1) is 21.2. The molecule has 0 N–H and O–H groups in total. The van der Waals surface area contributed by atoms with Crippen molar-refractivity contribution in [1.29, 1.82) is 0 Å². The van der Waals surface area contributed by atoms with Crippen LogP contribution in [0.3, 0.4) is 0 Å². The van der Waals surface area contributed by atoms with Crippen LogP contribution in [0.2, 0.25) is 0 Å². The fourth-order valence-electron chi connectivity index (χ4n) is 3.64. The molecule has 0 radical (unpaired) electrons. The van der Waals surface area contributed by atoms with Crippen molar-refractivity contribution >= 4 is 23.3 Å². The first-order chi connectivity index (χ1) is 16.9. The lowest BCUT2D eigenvalue weighted by atomic mass is 10.2. The first-order valence-corrected chi connectivity index (χ1v) is 11.0. The molecular formula is C27H23N7. The minimum Gasteiger partial charge on any atom is -0.305 e. The summed E-state index contributed by atoms with van der Waals surface area (Å²) in [5.41, 5.74) is 1.83. The van der Waals surface area contributed by atoms with Crippen LogP contribution in [0.1, 0.15) is 11.4 Å². The summed E-state index contributed by atoms with van der Waals surface area (Å²) in [6.45, 7) is 1.07. The third-order valence-electron chi connectivity index (χ3n) is 5.21. The van der Waals surface area contributed by atoms with Gasteiger partial charge in [0.1, 0.15) is 23.3 Å². The van der Waals surface area contributed by atoms with Crippen molar-refractivity contribution in [3.8, 4) is 0 Å². The molecule has 0 amide bonds. The largest absolute Gasteiger partial charge is 0.305 e. The highest BCUT2D eigenvalue weighted by atomic mass is 15.2. The summed E-state index contributed by atoms with van der Waals surface area (Å²) in [5.74, 6) is 3.27. The highest BCUT2D eigenvalue weighted by molar-refractivity contribution is 5.56. The summed E-state index contributed by atoms with van der Waals surface area (Å²) in [6, 6.07) is 29.5. The minimum atomic E-state index is 0.537. The molecular weight excluding hydrogens is 422 g/mol. The third-order valence-corrected chi connectivity index (χ3v) is 5.21. The molecule has 0 atom stereocenters. The molecule has 0 spiro atoms. The Labute approximate surface area is 198 Å². The summed E-state index contributed by atoms with van der Waals surface area (Å²) in [6.07, 6.45) is 7.14. The summed E-state index contributed by atoms with van der Waals surface area (Å²) >= 11 is 0. The minimum absolute atomic E-state index is 0.537. The smallest absolute Gasteiger partial charge is 0.134 e. The van der Waals surface area contributed by atoms with E-state index in [4.69, 9.17) is 4.98 Å². The summed E-state index contributed by atoms with van der Waals surface area (Å²) in [4.78, 5) is 27.2. The number of aromatic nitrogens is 5. The van der Waals surface area contributed by atoms with Crippen LogP contribution in [0.25, 0.3) is 0 Å². The van der Waals surface area contributed by atoms with Crippen molar-refractivity contribution < 1.29 is 0 Å². The van der Waals surface area contributed by atoms with Crippen molar-refractivity contribution in [2.45, 2.75) is 13.1 Å². The van der Waals surface area contributed by atoms with Gasteiger partial charge >= 0.3 is 0 Å². The zero-order chi connectivity index (χ0) is 23.0. The molecule has 5 heterocycles. The van der Waals surface area contributed by atoms with Gasteiger partial charge in [0.2, 0.25) is 0 Å². The van der Waals surface area contributed by atoms with Gasteiger partial charge in [0.15, 0.2) is 0 Å². The van der Waals surface area contributed by atoms with E-state index in [9.17, 15) is 0 Å². The maximum absolute atomic E-state index is 4.96. The van der Waals surface area contributed by atoms with E-state index in [1.54, 1.807) is 24.8 Å². The summed E-state index contributed by atoms with van der Waals surface area (Å²) in [5, 5.41) is 0. The van der Waals surface area contributed by atoms with Gasteiger partial charge in [-0.05, 0) is 60.7 Å². The average Bonchev–Trinajstić information content (AvgIpc) is 2.92. The van der Waals surface area contributed by atoms with E-state index in [0.717, 1.165) is 34.7 Å². The number of anilines is 4. The SMILES string of the molecule is c1ccc(N(Cc2cccc(CN(c3ccccn3)c3ccccn3)n2)c2ccccn2)nc1. The lowest BCUT2D eigenvalue weighted by Gasteiger charge is -2.24. The van der Waals surface area contributed by atoms with Crippen LogP contribution >= 0.6 is 0 Å². The molecule has 34 heavy (non-hydrogen) atoms. The van der Waals surface area contributed by atoms with Crippen LogP contribution in [-0.4, -0.2) is 24.9 Å². The molecule has 5 aromatic heterocycles. The van der Waals surface area contributed by atoms with E-state index < -0.39 is 0 Å². The monoisotopic (exact) mass is 445 g/mol. The number of rotatable bonds is 8. The molecule has 5 rings (SSSR count). The molecule has 7 nitrogen and oxygen atoms in total. The molecule has 5 aromatic rings. The second-order valence-corrected chi connectivity index (χ2v) is 7.54. The Bertz CT molecular complexity index is 1120. The topological polar surface area (TPSA) is 70.9 Å². The van der Waals surface area contributed by atoms with Gasteiger partial charge in [-0.25, -0.2) is 19.9 Å². The number of pyridine rings is 5. The Hall–Kier alpha value is -4.65. The van der Waals surface area contributed by atoms with Gasteiger partial charge in [-0.3, -0.25) is 4.98 Å². The predicted octanol–water partition coefficient (Wildman–Crippen LogP) is 5.34. The lowest BCUT2D eigenvalue weighted by Crippen LogP contribution is -2.21. The molecule has 0 fully saturated rings. The van der Waals surface area contributed by atoms with E-state index in [1.165, 1.54) is 0 Å². The van der Waals surface area contributed by atoms with Crippen LogP contribution in [-0.2, 0) is 13.1 Å². The van der Waals surface area contributed by atoms with Gasteiger partial charge < -0.3 is 9.80 Å². The molecule has 0 aromatic carbocycles. The highest BCUT2D eigenvalue weighted by Gasteiger charge is 2.16. The van der Waals surface area contributed by atoms with Crippen molar-refractivity contribution in [2.24, 2.45) is 0 Å². The normalized spacial score (nSPS) is 10.6. The Morgan fingerprint density at radius 3 is 1.06 bits per heavy atom. The first-order valence-electron chi connectivity index (χ1n) is 11.0.